The molecule has 1 heterocycles. The Morgan fingerprint density at radius 2 is 2.18 bits per heavy atom. The smallest absolute Gasteiger partial charge is 0.138 e. The second kappa shape index (κ2) is 4.41. The summed E-state index contributed by atoms with van der Waals surface area (Å²) in [6, 6.07) is 0. The topological polar surface area (TPSA) is 50.9 Å². The van der Waals surface area contributed by atoms with E-state index >= 15 is 0 Å². The minimum absolute atomic E-state index is 0.220. The fraction of sp³-hybridized carbons (Fsp3) is 0.846. The van der Waals surface area contributed by atoms with Gasteiger partial charge in [-0.05, 0) is 43.4 Å². The fourth-order valence-electron chi connectivity index (χ4n) is 3.27. The number of aryl methyl sites for hydroxylation is 1. The van der Waals surface area contributed by atoms with Crippen LogP contribution < -0.4 is 0 Å². The Morgan fingerprint density at radius 1 is 1.41 bits per heavy atom. The molecular formula is C13H21N3O. The van der Waals surface area contributed by atoms with Gasteiger partial charge < -0.3 is 5.11 Å². The minimum atomic E-state index is -0.220. The number of aliphatic hydroxyl groups is 1. The molecule has 1 N–H and O–H groups in total. The van der Waals surface area contributed by atoms with Gasteiger partial charge in [-0.3, -0.25) is 4.68 Å². The Balaban J connectivity index is 1.59. The Kier molecular flexibility index (Phi) is 2.90. The molecule has 0 saturated heterocycles. The molecule has 4 heteroatoms. The third kappa shape index (κ3) is 2.23. The number of hydrogen-bond acceptors (Lipinski definition) is 3. The maximum absolute atomic E-state index is 10.3. The maximum atomic E-state index is 10.3. The van der Waals surface area contributed by atoms with Gasteiger partial charge in [-0.1, -0.05) is 6.92 Å². The highest BCUT2D eigenvalue weighted by molar-refractivity contribution is 5.00. The van der Waals surface area contributed by atoms with Crippen molar-refractivity contribution in [2.24, 2.45) is 17.8 Å². The van der Waals surface area contributed by atoms with Crippen LogP contribution in [0.4, 0.5) is 0 Å². The summed E-state index contributed by atoms with van der Waals surface area (Å²) in [7, 11) is 0. The molecule has 17 heavy (non-hydrogen) atoms. The highest BCUT2D eigenvalue weighted by Crippen LogP contribution is 2.55. The van der Waals surface area contributed by atoms with Crippen molar-refractivity contribution in [3.8, 4) is 0 Å². The van der Waals surface area contributed by atoms with Crippen molar-refractivity contribution >= 4 is 0 Å². The molecule has 0 radical (unpaired) electrons. The van der Waals surface area contributed by atoms with Crippen LogP contribution in [-0.2, 0) is 13.0 Å². The molecule has 4 nitrogen and oxygen atoms in total. The largest absolute Gasteiger partial charge is 0.392 e. The molecule has 3 unspecified atom stereocenters. The summed E-state index contributed by atoms with van der Waals surface area (Å²) < 4.78 is 1.93. The van der Waals surface area contributed by atoms with Gasteiger partial charge in [-0.25, -0.2) is 4.98 Å². The van der Waals surface area contributed by atoms with Crippen LogP contribution in [0.1, 0.15) is 38.4 Å². The van der Waals surface area contributed by atoms with Gasteiger partial charge in [0, 0.05) is 13.0 Å². The highest BCUT2D eigenvalue weighted by atomic mass is 16.3. The van der Waals surface area contributed by atoms with Crippen LogP contribution in [0.3, 0.4) is 0 Å². The maximum Gasteiger partial charge on any atom is 0.138 e. The summed E-state index contributed by atoms with van der Waals surface area (Å²) in [4.78, 5) is 4.27. The van der Waals surface area contributed by atoms with Gasteiger partial charge in [0.2, 0.25) is 0 Å². The molecule has 1 aromatic rings. The van der Waals surface area contributed by atoms with Crippen molar-refractivity contribution in [1.29, 1.82) is 0 Å². The van der Waals surface area contributed by atoms with Gasteiger partial charge >= 0.3 is 0 Å². The van der Waals surface area contributed by atoms with Crippen molar-refractivity contribution in [1.82, 2.24) is 14.8 Å². The van der Waals surface area contributed by atoms with Crippen molar-refractivity contribution in [2.45, 2.75) is 51.7 Å². The van der Waals surface area contributed by atoms with E-state index in [2.05, 4.69) is 17.0 Å². The predicted molar refractivity (Wildman–Crippen MR) is 64.3 cm³/mol. The molecule has 0 bridgehead atoms. The fourth-order valence-corrected chi connectivity index (χ4v) is 3.27. The number of rotatable bonds is 5. The quantitative estimate of drug-likeness (QED) is 0.844. The molecule has 0 aromatic carbocycles. The summed E-state index contributed by atoms with van der Waals surface area (Å²) in [5, 5.41) is 14.5. The molecular weight excluding hydrogens is 214 g/mol. The van der Waals surface area contributed by atoms with Crippen molar-refractivity contribution in [3.63, 3.8) is 0 Å². The normalized spacial score (nSPS) is 32.5. The van der Waals surface area contributed by atoms with Crippen molar-refractivity contribution < 1.29 is 5.11 Å². The van der Waals surface area contributed by atoms with Crippen LogP contribution in [0.25, 0.3) is 0 Å². The number of aliphatic hydroxyl groups excluding tert-OH is 1. The van der Waals surface area contributed by atoms with Crippen LogP contribution in [0.15, 0.2) is 6.33 Å². The van der Waals surface area contributed by atoms with Crippen LogP contribution in [0.5, 0.6) is 0 Å². The lowest BCUT2D eigenvalue weighted by Crippen LogP contribution is -2.24. The number of fused-ring (bicyclic) bond motifs is 1. The Bertz CT molecular complexity index is 380. The van der Waals surface area contributed by atoms with Crippen LogP contribution >= 0.6 is 0 Å². The molecule has 2 saturated carbocycles. The summed E-state index contributed by atoms with van der Waals surface area (Å²) in [5.41, 5.74) is 0. The third-order valence-corrected chi connectivity index (χ3v) is 4.35. The van der Waals surface area contributed by atoms with Gasteiger partial charge in [0.15, 0.2) is 0 Å². The monoisotopic (exact) mass is 235 g/mol. The number of hydrogen-bond donors (Lipinski definition) is 1. The first-order chi connectivity index (χ1) is 8.28. The molecule has 3 atom stereocenters. The zero-order valence-corrected chi connectivity index (χ0v) is 10.4. The van der Waals surface area contributed by atoms with Gasteiger partial charge in [0.25, 0.3) is 0 Å². The Hall–Kier alpha value is -0.900. The molecule has 94 valence electrons. The van der Waals surface area contributed by atoms with Crippen LogP contribution in [0, 0.1) is 17.8 Å². The molecule has 0 spiro atoms. The molecule has 0 amide bonds. The minimum Gasteiger partial charge on any atom is -0.392 e. The van der Waals surface area contributed by atoms with Gasteiger partial charge in [0.05, 0.1) is 6.10 Å². The summed E-state index contributed by atoms with van der Waals surface area (Å²) in [5.74, 6) is 3.32. The van der Waals surface area contributed by atoms with E-state index < -0.39 is 0 Å². The van der Waals surface area contributed by atoms with E-state index in [1.54, 1.807) is 6.33 Å². The van der Waals surface area contributed by atoms with E-state index in [4.69, 9.17) is 0 Å². The van der Waals surface area contributed by atoms with Gasteiger partial charge in [-0.15, -0.1) is 0 Å². The number of nitrogens with zero attached hydrogens (tertiary/aromatic N) is 3. The SMILES string of the molecule is CCCn1ncnc1CC(O)C1CC2CC2C1. The summed E-state index contributed by atoms with van der Waals surface area (Å²) in [6.07, 6.45) is 6.98. The lowest BCUT2D eigenvalue weighted by Gasteiger charge is -2.19. The molecule has 2 aliphatic rings. The van der Waals surface area contributed by atoms with Crippen LogP contribution in [-0.4, -0.2) is 26.0 Å². The Morgan fingerprint density at radius 3 is 2.88 bits per heavy atom. The van der Waals surface area contributed by atoms with E-state index in [1.165, 1.54) is 19.3 Å². The van der Waals surface area contributed by atoms with E-state index in [9.17, 15) is 5.11 Å². The molecule has 0 aliphatic heterocycles. The van der Waals surface area contributed by atoms with E-state index in [0.717, 1.165) is 30.6 Å². The first-order valence-corrected chi connectivity index (χ1v) is 6.82. The first-order valence-electron chi connectivity index (χ1n) is 6.82. The van der Waals surface area contributed by atoms with Gasteiger partial charge in [0.1, 0.15) is 12.2 Å². The predicted octanol–water partition coefficient (Wildman–Crippen LogP) is 1.64. The van der Waals surface area contributed by atoms with E-state index in [-0.39, 0.29) is 6.10 Å². The third-order valence-electron chi connectivity index (χ3n) is 4.35. The van der Waals surface area contributed by atoms with E-state index in [1.807, 2.05) is 4.68 Å². The first kappa shape index (κ1) is 11.2. The second-order valence-corrected chi connectivity index (χ2v) is 5.66. The average Bonchev–Trinajstić information content (AvgIpc) is 2.75. The van der Waals surface area contributed by atoms with Crippen molar-refractivity contribution in [3.05, 3.63) is 12.2 Å². The number of aromatic nitrogens is 3. The summed E-state index contributed by atoms with van der Waals surface area (Å²) in [6.45, 7) is 3.03. The summed E-state index contributed by atoms with van der Waals surface area (Å²) >= 11 is 0. The average molecular weight is 235 g/mol. The lowest BCUT2D eigenvalue weighted by molar-refractivity contribution is 0.101. The van der Waals surface area contributed by atoms with Gasteiger partial charge in [-0.2, -0.15) is 5.10 Å². The Labute approximate surface area is 102 Å². The van der Waals surface area contributed by atoms with Crippen molar-refractivity contribution in [2.75, 3.05) is 0 Å². The standard InChI is InChI=1S/C13H21N3O/c1-2-3-16-13(14-8-15-16)7-12(17)11-5-9-4-10(9)6-11/h8-12,17H,2-7H2,1H3. The second-order valence-electron chi connectivity index (χ2n) is 5.66. The zero-order valence-electron chi connectivity index (χ0n) is 10.4. The van der Waals surface area contributed by atoms with Crippen LogP contribution in [0.2, 0.25) is 0 Å². The molecule has 1 aromatic heterocycles. The zero-order chi connectivity index (χ0) is 11.8. The molecule has 2 aliphatic carbocycles. The molecule has 2 fully saturated rings. The van der Waals surface area contributed by atoms with E-state index in [0.29, 0.717) is 12.3 Å². The lowest BCUT2D eigenvalue weighted by atomic mass is 9.94. The highest BCUT2D eigenvalue weighted by Gasteiger charge is 2.47. The molecule has 3 rings (SSSR count).